The maximum Gasteiger partial charge on any atom is 0.315 e. The first kappa shape index (κ1) is 14.0. The lowest BCUT2D eigenvalue weighted by Gasteiger charge is -2.38. The van der Waals surface area contributed by atoms with Crippen molar-refractivity contribution in [1.29, 1.82) is 0 Å². The van der Waals surface area contributed by atoms with Gasteiger partial charge in [-0.15, -0.1) is 0 Å². The van der Waals surface area contributed by atoms with Crippen molar-refractivity contribution in [2.75, 3.05) is 5.75 Å². The zero-order valence-electron chi connectivity index (χ0n) is 11.8. The van der Waals surface area contributed by atoms with Gasteiger partial charge in [-0.05, 0) is 18.3 Å². The van der Waals surface area contributed by atoms with Gasteiger partial charge in [0.15, 0.2) is 0 Å². The van der Waals surface area contributed by atoms with Gasteiger partial charge in [-0.2, -0.15) is 11.8 Å². The topological polar surface area (TPSA) is 41.1 Å². The van der Waals surface area contributed by atoms with Crippen LogP contribution in [-0.2, 0) is 0 Å². The van der Waals surface area contributed by atoms with E-state index in [1.807, 2.05) is 0 Å². The molecule has 0 bridgehead atoms. The van der Waals surface area contributed by atoms with Crippen LogP contribution in [0.4, 0.5) is 4.79 Å². The molecule has 2 aliphatic heterocycles. The van der Waals surface area contributed by atoms with Gasteiger partial charge in [0.25, 0.3) is 0 Å². The number of hydrogen-bond acceptors (Lipinski definition) is 2. The van der Waals surface area contributed by atoms with E-state index in [-0.39, 0.29) is 6.03 Å². The summed E-state index contributed by atoms with van der Waals surface area (Å²) in [5.74, 6) is 1.07. The molecule has 18 heavy (non-hydrogen) atoms. The molecule has 0 aliphatic carbocycles. The van der Waals surface area contributed by atoms with E-state index in [1.165, 1.54) is 32.1 Å². The lowest BCUT2D eigenvalue weighted by molar-refractivity contribution is 0.224. The number of rotatable bonds is 6. The summed E-state index contributed by atoms with van der Waals surface area (Å²) in [4.78, 5) is 11.5. The molecule has 0 aromatic carbocycles. The minimum absolute atomic E-state index is 0.0321. The highest BCUT2D eigenvalue weighted by atomic mass is 32.2. The number of hydrogen-bond donors (Lipinski definition) is 2. The van der Waals surface area contributed by atoms with Crippen LogP contribution in [0.5, 0.6) is 0 Å². The van der Waals surface area contributed by atoms with Gasteiger partial charge >= 0.3 is 6.03 Å². The highest BCUT2D eigenvalue weighted by Crippen LogP contribution is 2.46. The molecule has 0 aromatic heterocycles. The van der Waals surface area contributed by atoms with Crippen molar-refractivity contribution in [2.24, 2.45) is 5.41 Å². The lowest BCUT2D eigenvalue weighted by Crippen LogP contribution is -2.45. The van der Waals surface area contributed by atoms with E-state index >= 15 is 0 Å². The van der Waals surface area contributed by atoms with Crippen LogP contribution in [0.2, 0.25) is 0 Å². The van der Waals surface area contributed by atoms with Crippen LogP contribution in [-0.4, -0.2) is 29.1 Å². The molecule has 0 saturated carbocycles. The third-order valence-electron chi connectivity index (χ3n) is 4.44. The number of amides is 2. The van der Waals surface area contributed by atoms with Crippen LogP contribution in [0.15, 0.2) is 0 Å². The molecular formula is C14H26N2OS. The molecule has 4 heteroatoms. The predicted molar refractivity (Wildman–Crippen MR) is 78.0 cm³/mol. The van der Waals surface area contributed by atoms with Crippen molar-refractivity contribution in [3.8, 4) is 0 Å². The first-order valence-electron chi connectivity index (χ1n) is 7.29. The fraction of sp³-hybridized carbons (Fsp3) is 0.929. The van der Waals surface area contributed by atoms with E-state index in [0.717, 1.165) is 5.75 Å². The van der Waals surface area contributed by atoms with E-state index in [2.05, 4.69) is 43.2 Å². The van der Waals surface area contributed by atoms with Gasteiger partial charge in [-0.1, -0.05) is 40.0 Å². The summed E-state index contributed by atoms with van der Waals surface area (Å²) < 4.78 is 0. The fourth-order valence-electron chi connectivity index (χ4n) is 3.49. The van der Waals surface area contributed by atoms with E-state index in [1.54, 1.807) is 0 Å². The van der Waals surface area contributed by atoms with Crippen molar-refractivity contribution >= 4 is 17.8 Å². The average molecular weight is 270 g/mol. The summed E-state index contributed by atoms with van der Waals surface area (Å²) >= 11 is 2.06. The molecule has 2 N–H and O–H groups in total. The second-order valence-electron chi connectivity index (χ2n) is 6.01. The second-order valence-corrected chi connectivity index (χ2v) is 7.19. The second kappa shape index (κ2) is 5.72. The van der Waals surface area contributed by atoms with Crippen molar-refractivity contribution < 1.29 is 4.79 Å². The van der Waals surface area contributed by atoms with Gasteiger partial charge in [0.1, 0.15) is 0 Å². The molecule has 4 unspecified atom stereocenters. The number of fused-ring (bicyclic) bond motifs is 1. The maximum atomic E-state index is 11.5. The molecule has 0 aromatic rings. The minimum atomic E-state index is 0.0321. The highest BCUT2D eigenvalue weighted by Gasteiger charge is 2.50. The van der Waals surface area contributed by atoms with E-state index in [0.29, 0.717) is 22.7 Å². The Morgan fingerprint density at radius 2 is 2.06 bits per heavy atom. The van der Waals surface area contributed by atoms with Gasteiger partial charge in [0.05, 0.1) is 12.1 Å². The van der Waals surface area contributed by atoms with Gasteiger partial charge in [-0.3, -0.25) is 0 Å². The van der Waals surface area contributed by atoms with Crippen LogP contribution >= 0.6 is 11.8 Å². The molecule has 2 fully saturated rings. The first-order valence-corrected chi connectivity index (χ1v) is 8.34. The Morgan fingerprint density at radius 1 is 1.28 bits per heavy atom. The highest BCUT2D eigenvalue weighted by molar-refractivity contribution is 8.00. The number of carbonyl (C=O) groups is 1. The van der Waals surface area contributed by atoms with Gasteiger partial charge in [0.2, 0.25) is 0 Å². The van der Waals surface area contributed by atoms with Crippen molar-refractivity contribution in [2.45, 2.75) is 70.2 Å². The van der Waals surface area contributed by atoms with Crippen LogP contribution in [0.3, 0.4) is 0 Å². The molecule has 4 atom stereocenters. The summed E-state index contributed by atoms with van der Waals surface area (Å²) in [6, 6.07) is 0.728. The molecule has 0 radical (unpaired) electrons. The number of nitrogens with one attached hydrogen (secondary N) is 2. The monoisotopic (exact) mass is 270 g/mol. The Hall–Kier alpha value is -0.380. The Morgan fingerprint density at radius 3 is 2.72 bits per heavy atom. The van der Waals surface area contributed by atoms with Crippen molar-refractivity contribution in [3.63, 3.8) is 0 Å². The van der Waals surface area contributed by atoms with Crippen LogP contribution in [0.1, 0.15) is 52.9 Å². The Balaban J connectivity index is 2.08. The van der Waals surface area contributed by atoms with Crippen LogP contribution in [0.25, 0.3) is 0 Å². The number of carbonyl (C=O) groups excluding carboxylic acids is 1. The Bertz CT molecular complexity index is 310. The van der Waals surface area contributed by atoms with Crippen LogP contribution < -0.4 is 10.6 Å². The summed E-state index contributed by atoms with van der Waals surface area (Å²) in [6.07, 6.45) is 6.34. The minimum Gasteiger partial charge on any atom is -0.332 e. The van der Waals surface area contributed by atoms with Crippen molar-refractivity contribution in [3.05, 3.63) is 0 Å². The summed E-state index contributed by atoms with van der Waals surface area (Å²) in [5.41, 5.74) is 0.369. The lowest BCUT2D eigenvalue weighted by atomic mass is 9.74. The number of thioether (sulfide) groups is 1. The number of urea groups is 1. The Labute approximate surface area is 115 Å². The molecule has 104 valence electrons. The standard InChI is InChI=1S/C14H26N2OS/c1-4-6-8-14(3,7-5-2)12-11-10(9-18-12)15-13(17)16-11/h10-12H,4-9H2,1-3H3,(H2,15,16,17). The molecule has 3 nitrogen and oxygen atoms in total. The third-order valence-corrected chi connectivity index (χ3v) is 6.21. The van der Waals surface area contributed by atoms with E-state index in [9.17, 15) is 4.79 Å². The molecule has 2 aliphatic rings. The van der Waals surface area contributed by atoms with Gasteiger partial charge in [-0.25, -0.2) is 4.79 Å². The third kappa shape index (κ3) is 2.63. The smallest absolute Gasteiger partial charge is 0.315 e. The largest absolute Gasteiger partial charge is 0.332 e. The first-order chi connectivity index (χ1) is 8.60. The Kier molecular flexibility index (Phi) is 4.46. The fourth-order valence-corrected chi connectivity index (χ4v) is 5.30. The average Bonchev–Trinajstić information content (AvgIpc) is 2.85. The van der Waals surface area contributed by atoms with Gasteiger partial charge < -0.3 is 10.6 Å². The molecular weight excluding hydrogens is 244 g/mol. The summed E-state index contributed by atoms with van der Waals surface area (Å²) in [5, 5.41) is 6.76. The van der Waals surface area contributed by atoms with E-state index < -0.39 is 0 Å². The SMILES string of the molecule is CCCCC(C)(CCC)C1SCC2NC(=O)NC21. The molecule has 2 heterocycles. The molecule has 2 saturated heterocycles. The van der Waals surface area contributed by atoms with E-state index in [4.69, 9.17) is 0 Å². The van der Waals surface area contributed by atoms with Gasteiger partial charge in [0, 0.05) is 11.0 Å². The maximum absolute atomic E-state index is 11.5. The summed E-state index contributed by atoms with van der Waals surface area (Å²) in [7, 11) is 0. The van der Waals surface area contributed by atoms with Crippen molar-refractivity contribution in [1.82, 2.24) is 10.6 Å². The molecule has 0 spiro atoms. The predicted octanol–water partition coefficient (Wildman–Crippen LogP) is 3.15. The normalized spacial score (nSPS) is 33.7. The zero-order valence-corrected chi connectivity index (χ0v) is 12.6. The quantitative estimate of drug-likeness (QED) is 0.728. The molecule has 2 amide bonds. The number of unbranched alkanes of at least 4 members (excludes halogenated alkanes) is 1. The summed E-state index contributed by atoms with van der Waals surface area (Å²) in [6.45, 7) is 6.96. The van der Waals surface area contributed by atoms with Crippen LogP contribution in [0, 0.1) is 5.41 Å². The molecule has 2 rings (SSSR count). The zero-order chi connectivity index (χ0) is 13.2.